The molecule has 31 heavy (non-hydrogen) atoms. The van der Waals surface area contributed by atoms with E-state index < -0.39 is 0 Å². The van der Waals surface area contributed by atoms with E-state index in [1.165, 1.54) is 11.3 Å². The van der Waals surface area contributed by atoms with E-state index in [-0.39, 0.29) is 5.97 Å². The molecule has 1 atom stereocenters. The van der Waals surface area contributed by atoms with Crippen LogP contribution in [0.25, 0.3) is 11.3 Å². The standard InChI is InChI=1S/C24H27N3O3S/c1-4-29-23(28)22-21(25-24(31-22)27-15-14-26(3)16-17(27)2)18-10-12-20(13-11-18)30-19-8-6-5-7-9-19/h5-13,17H,4,14-16H2,1-3H3. The van der Waals surface area contributed by atoms with Crippen molar-refractivity contribution < 1.29 is 14.3 Å². The molecule has 0 N–H and O–H groups in total. The van der Waals surface area contributed by atoms with E-state index in [0.717, 1.165) is 41.8 Å². The van der Waals surface area contributed by atoms with E-state index in [2.05, 4.69) is 23.8 Å². The number of thiazole rings is 1. The zero-order chi connectivity index (χ0) is 21.8. The van der Waals surface area contributed by atoms with Crippen molar-refractivity contribution in [2.24, 2.45) is 0 Å². The SMILES string of the molecule is CCOC(=O)c1sc(N2CCN(C)CC2C)nc1-c1ccc(Oc2ccccc2)cc1. The second-order valence-corrected chi connectivity index (χ2v) is 8.62. The highest BCUT2D eigenvalue weighted by molar-refractivity contribution is 7.18. The van der Waals surface area contributed by atoms with Crippen LogP contribution in [0.4, 0.5) is 5.13 Å². The van der Waals surface area contributed by atoms with Crippen LogP contribution < -0.4 is 9.64 Å². The van der Waals surface area contributed by atoms with E-state index in [1.54, 1.807) is 0 Å². The molecule has 1 saturated heterocycles. The summed E-state index contributed by atoms with van der Waals surface area (Å²) in [4.78, 5) is 22.7. The fourth-order valence-corrected chi connectivity index (χ4v) is 4.80. The average molecular weight is 438 g/mol. The molecule has 0 aliphatic carbocycles. The predicted octanol–water partition coefficient (Wildman–Crippen LogP) is 4.92. The molecule has 0 spiro atoms. The number of nitrogens with zero attached hydrogens (tertiary/aromatic N) is 3. The van der Waals surface area contributed by atoms with Crippen molar-refractivity contribution >= 4 is 22.4 Å². The predicted molar refractivity (Wildman–Crippen MR) is 124 cm³/mol. The lowest BCUT2D eigenvalue weighted by Gasteiger charge is -2.38. The maximum Gasteiger partial charge on any atom is 0.350 e. The van der Waals surface area contributed by atoms with Gasteiger partial charge in [0.1, 0.15) is 16.4 Å². The summed E-state index contributed by atoms with van der Waals surface area (Å²) in [6, 6.07) is 17.6. The molecule has 1 aliphatic heterocycles. The molecule has 2 heterocycles. The first kappa shape index (κ1) is 21.3. The molecule has 0 bridgehead atoms. The van der Waals surface area contributed by atoms with Gasteiger partial charge in [-0.3, -0.25) is 0 Å². The zero-order valence-electron chi connectivity index (χ0n) is 18.1. The molecule has 0 radical (unpaired) electrons. The first-order valence-corrected chi connectivity index (χ1v) is 11.3. The van der Waals surface area contributed by atoms with Crippen LogP contribution in [0.3, 0.4) is 0 Å². The van der Waals surface area contributed by atoms with E-state index >= 15 is 0 Å². The summed E-state index contributed by atoms with van der Waals surface area (Å²) in [5.41, 5.74) is 1.53. The van der Waals surface area contributed by atoms with Crippen LogP contribution in [0, 0.1) is 0 Å². The number of rotatable bonds is 6. The van der Waals surface area contributed by atoms with E-state index in [0.29, 0.717) is 23.2 Å². The van der Waals surface area contributed by atoms with E-state index in [4.69, 9.17) is 14.5 Å². The molecule has 4 rings (SSSR count). The zero-order valence-corrected chi connectivity index (χ0v) is 18.9. The van der Waals surface area contributed by atoms with Gasteiger partial charge in [0.15, 0.2) is 5.13 Å². The van der Waals surface area contributed by atoms with E-state index in [9.17, 15) is 4.79 Å². The Morgan fingerprint density at radius 3 is 2.48 bits per heavy atom. The normalized spacial score (nSPS) is 16.9. The Morgan fingerprint density at radius 1 is 1.10 bits per heavy atom. The van der Waals surface area contributed by atoms with Crippen LogP contribution in [-0.4, -0.2) is 55.2 Å². The molecule has 1 aliphatic rings. The van der Waals surface area contributed by atoms with Gasteiger partial charge in [-0.2, -0.15) is 0 Å². The number of benzene rings is 2. The Labute approximate surface area is 187 Å². The number of aromatic nitrogens is 1. The number of carbonyl (C=O) groups is 1. The second kappa shape index (κ2) is 9.49. The van der Waals surface area contributed by atoms with E-state index in [1.807, 2.05) is 61.5 Å². The van der Waals surface area contributed by atoms with Gasteiger partial charge in [0, 0.05) is 31.2 Å². The van der Waals surface area contributed by atoms with Crippen molar-refractivity contribution in [1.82, 2.24) is 9.88 Å². The van der Waals surface area contributed by atoms with Crippen LogP contribution in [-0.2, 0) is 4.74 Å². The van der Waals surface area contributed by atoms with Gasteiger partial charge < -0.3 is 19.3 Å². The maximum atomic E-state index is 12.7. The van der Waals surface area contributed by atoms with Crippen molar-refractivity contribution in [3.8, 4) is 22.8 Å². The first-order valence-electron chi connectivity index (χ1n) is 10.5. The third-order valence-corrected chi connectivity index (χ3v) is 6.33. The summed E-state index contributed by atoms with van der Waals surface area (Å²) in [7, 11) is 2.13. The number of hydrogen-bond donors (Lipinski definition) is 0. The maximum absolute atomic E-state index is 12.7. The minimum Gasteiger partial charge on any atom is -0.462 e. The summed E-state index contributed by atoms with van der Waals surface area (Å²) >= 11 is 1.41. The van der Waals surface area contributed by atoms with Crippen LogP contribution in [0.15, 0.2) is 54.6 Å². The van der Waals surface area contributed by atoms with Crippen LogP contribution in [0.1, 0.15) is 23.5 Å². The first-order chi connectivity index (χ1) is 15.0. The Kier molecular flexibility index (Phi) is 6.53. The molecule has 7 heteroatoms. The lowest BCUT2D eigenvalue weighted by atomic mass is 10.1. The molecule has 1 aromatic heterocycles. The fraction of sp³-hybridized carbons (Fsp3) is 0.333. The molecule has 3 aromatic rings. The molecule has 1 fully saturated rings. The number of anilines is 1. The lowest BCUT2D eigenvalue weighted by molar-refractivity contribution is 0.0532. The topological polar surface area (TPSA) is 54.9 Å². The number of likely N-dealkylation sites (N-methyl/N-ethyl adjacent to an activating group) is 1. The summed E-state index contributed by atoms with van der Waals surface area (Å²) in [6.45, 7) is 7.17. The number of carbonyl (C=O) groups excluding carboxylic acids is 1. The fourth-order valence-electron chi connectivity index (χ4n) is 3.69. The summed E-state index contributed by atoms with van der Waals surface area (Å²) < 4.78 is 11.2. The van der Waals surface area contributed by atoms with Gasteiger partial charge in [0.2, 0.25) is 0 Å². The number of esters is 1. The third-order valence-electron chi connectivity index (χ3n) is 5.26. The minimum absolute atomic E-state index is 0.326. The van der Waals surface area contributed by atoms with Crippen molar-refractivity contribution in [2.75, 3.05) is 38.2 Å². The second-order valence-electron chi connectivity index (χ2n) is 7.64. The van der Waals surface area contributed by atoms with Gasteiger partial charge in [0.25, 0.3) is 0 Å². The molecule has 6 nitrogen and oxygen atoms in total. The smallest absolute Gasteiger partial charge is 0.350 e. The highest BCUT2D eigenvalue weighted by Gasteiger charge is 2.28. The van der Waals surface area contributed by atoms with Gasteiger partial charge in [-0.05, 0) is 57.3 Å². The molecule has 162 valence electrons. The molecule has 1 unspecified atom stereocenters. The monoisotopic (exact) mass is 437 g/mol. The van der Waals surface area contributed by atoms with Gasteiger partial charge in [-0.25, -0.2) is 9.78 Å². The van der Waals surface area contributed by atoms with Crippen molar-refractivity contribution in [1.29, 1.82) is 0 Å². The summed E-state index contributed by atoms with van der Waals surface area (Å²) in [6.07, 6.45) is 0. The highest BCUT2D eigenvalue weighted by atomic mass is 32.1. The van der Waals surface area contributed by atoms with Gasteiger partial charge >= 0.3 is 5.97 Å². The van der Waals surface area contributed by atoms with Gasteiger partial charge in [-0.15, -0.1) is 0 Å². The number of hydrogen-bond acceptors (Lipinski definition) is 7. The van der Waals surface area contributed by atoms with Gasteiger partial charge in [-0.1, -0.05) is 29.5 Å². The number of piperazine rings is 1. The number of para-hydroxylation sites is 1. The molecule has 0 saturated carbocycles. The van der Waals surface area contributed by atoms with Crippen molar-refractivity contribution in [3.63, 3.8) is 0 Å². The summed E-state index contributed by atoms with van der Waals surface area (Å²) in [5, 5.41) is 0.864. The van der Waals surface area contributed by atoms with Crippen LogP contribution in [0.5, 0.6) is 11.5 Å². The average Bonchev–Trinajstić information content (AvgIpc) is 3.20. The molecule has 2 aromatic carbocycles. The quantitative estimate of drug-likeness (QED) is 0.510. The van der Waals surface area contributed by atoms with Crippen molar-refractivity contribution in [2.45, 2.75) is 19.9 Å². The lowest BCUT2D eigenvalue weighted by Crippen LogP contribution is -2.50. The largest absolute Gasteiger partial charge is 0.462 e. The third kappa shape index (κ3) is 4.89. The Bertz CT molecular complexity index is 1020. The van der Waals surface area contributed by atoms with Crippen LogP contribution >= 0.6 is 11.3 Å². The van der Waals surface area contributed by atoms with Crippen LogP contribution in [0.2, 0.25) is 0 Å². The Balaban J connectivity index is 1.63. The number of ether oxygens (including phenoxy) is 2. The van der Waals surface area contributed by atoms with Gasteiger partial charge in [0.05, 0.1) is 12.3 Å². The summed E-state index contributed by atoms with van der Waals surface area (Å²) in [5.74, 6) is 1.19. The Morgan fingerprint density at radius 2 is 1.81 bits per heavy atom. The highest BCUT2D eigenvalue weighted by Crippen LogP contribution is 2.36. The Hall–Kier alpha value is -2.90. The van der Waals surface area contributed by atoms with Crippen molar-refractivity contribution in [3.05, 3.63) is 59.5 Å². The molecule has 0 amide bonds. The molecular weight excluding hydrogens is 410 g/mol. The minimum atomic E-state index is -0.326. The molecular formula is C24H27N3O3S.